The Bertz CT molecular complexity index is 277. The van der Waals surface area contributed by atoms with E-state index in [1.54, 1.807) is 0 Å². The van der Waals surface area contributed by atoms with Crippen LogP contribution < -0.4 is 5.73 Å². The fourth-order valence-corrected chi connectivity index (χ4v) is 1.39. The highest BCUT2D eigenvalue weighted by Crippen LogP contribution is 2.43. The van der Waals surface area contributed by atoms with Crippen molar-refractivity contribution in [1.29, 1.82) is 0 Å². The Labute approximate surface area is 66.4 Å². The number of aryl methyl sites for hydroxylation is 1. The molecule has 2 N–H and O–H groups in total. The molecular formula is C9H12N2. The molecule has 0 aromatic carbocycles. The molecule has 11 heavy (non-hydrogen) atoms. The van der Waals surface area contributed by atoms with E-state index in [9.17, 15) is 0 Å². The summed E-state index contributed by atoms with van der Waals surface area (Å²) < 4.78 is 0. The zero-order chi connectivity index (χ0) is 7.90. The first-order chi connectivity index (χ1) is 5.22. The van der Waals surface area contributed by atoms with Crippen molar-refractivity contribution >= 4 is 0 Å². The predicted molar refractivity (Wildman–Crippen MR) is 44.1 cm³/mol. The lowest BCUT2D eigenvalue weighted by Crippen LogP contribution is -2.20. The second-order valence-corrected chi connectivity index (χ2v) is 3.35. The third kappa shape index (κ3) is 1.03. The van der Waals surface area contributed by atoms with Crippen molar-refractivity contribution in [2.75, 3.05) is 0 Å². The van der Waals surface area contributed by atoms with Gasteiger partial charge in [0.25, 0.3) is 0 Å². The van der Waals surface area contributed by atoms with Crippen molar-refractivity contribution in [2.45, 2.75) is 25.3 Å². The fourth-order valence-electron chi connectivity index (χ4n) is 1.39. The first-order valence-corrected chi connectivity index (χ1v) is 3.92. The zero-order valence-corrected chi connectivity index (χ0v) is 6.67. The van der Waals surface area contributed by atoms with Crippen molar-refractivity contribution in [3.8, 4) is 0 Å². The van der Waals surface area contributed by atoms with Gasteiger partial charge in [-0.1, -0.05) is 0 Å². The van der Waals surface area contributed by atoms with Gasteiger partial charge in [0, 0.05) is 17.9 Å². The maximum Gasteiger partial charge on any atom is 0.0429 e. The second-order valence-electron chi connectivity index (χ2n) is 3.35. The van der Waals surface area contributed by atoms with E-state index in [0.29, 0.717) is 0 Å². The van der Waals surface area contributed by atoms with E-state index in [2.05, 4.69) is 11.9 Å². The number of aromatic nitrogens is 1. The van der Waals surface area contributed by atoms with Gasteiger partial charge in [-0.05, 0) is 37.0 Å². The van der Waals surface area contributed by atoms with E-state index < -0.39 is 0 Å². The summed E-state index contributed by atoms with van der Waals surface area (Å²) in [6.45, 7) is 2.09. The highest BCUT2D eigenvalue weighted by atomic mass is 14.8. The lowest BCUT2D eigenvalue weighted by Gasteiger charge is -2.10. The average molecular weight is 148 g/mol. The van der Waals surface area contributed by atoms with Crippen molar-refractivity contribution in [3.63, 3.8) is 0 Å². The molecule has 0 unspecified atom stereocenters. The molecule has 2 nitrogen and oxygen atoms in total. The van der Waals surface area contributed by atoms with Crippen LogP contribution in [0.4, 0.5) is 0 Å². The van der Waals surface area contributed by atoms with E-state index >= 15 is 0 Å². The van der Waals surface area contributed by atoms with Gasteiger partial charge in [0.15, 0.2) is 0 Å². The normalized spacial score (nSPS) is 19.8. The summed E-state index contributed by atoms with van der Waals surface area (Å²) >= 11 is 0. The SMILES string of the molecule is Cc1ccncc1C1(N)CC1. The largest absolute Gasteiger partial charge is 0.321 e. The van der Waals surface area contributed by atoms with Crippen LogP contribution in [-0.2, 0) is 5.54 Å². The molecule has 1 saturated carbocycles. The highest BCUT2D eigenvalue weighted by Gasteiger charge is 2.40. The van der Waals surface area contributed by atoms with Crippen LogP contribution in [0.5, 0.6) is 0 Å². The Kier molecular flexibility index (Phi) is 1.26. The number of nitrogens with two attached hydrogens (primary N) is 1. The van der Waals surface area contributed by atoms with Gasteiger partial charge in [-0.3, -0.25) is 4.98 Å². The molecular weight excluding hydrogens is 136 g/mol. The third-order valence-corrected chi connectivity index (χ3v) is 2.36. The first-order valence-electron chi connectivity index (χ1n) is 3.92. The molecule has 0 atom stereocenters. The van der Waals surface area contributed by atoms with Crippen LogP contribution in [-0.4, -0.2) is 4.98 Å². The molecule has 1 aromatic rings. The van der Waals surface area contributed by atoms with Gasteiger partial charge in [-0.15, -0.1) is 0 Å². The summed E-state index contributed by atoms with van der Waals surface area (Å²) in [4.78, 5) is 4.07. The number of pyridine rings is 1. The van der Waals surface area contributed by atoms with Crippen LogP contribution in [0.2, 0.25) is 0 Å². The fraction of sp³-hybridized carbons (Fsp3) is 0.444. The molecule has 2 rings (SSSR count). The lowest BCUT2D eigenvalue weighted by molar-refractivity contribution is 0.728. The summed E-state index contributed by atoms with van der Waals surface area (Å²) in [6, 6.07) is 2.02. The van der Waals surface area contributed by atoms with Crippen LogP contribution in [0.15, 0.2) is 18.5 Å². The number of hydrogen-bond donors (Lipinski definition) is 1. The van der Waals surface area contributed by atoms with Crippen molar-refractivity contribution in [1.82, 2.24) is 4.98 Å². The highest BCUT2D eigenvalue weighted by molar-refractivity contribution is 5.33. The summed E-state index contributed by atoms with van der Waals surface area (Å²) in [5, 5.41) is 0. The van der Waals surface area contributed by atoms with Crippen LogP contribution >= 0.6 is 0 Å². The van der Waals surface area contributed by atoms with Crippen molar-refractivity contribution < 1.29 is 0 Å². The molecule has 0 bridgehead atoms. The van der Waals surface area contributed by atoms with Crippen LogP contribution in [0, 0.1) is 6.92 Å². The Morgan fingerprint density at radius 2 is 2.27 bits per heavy atom. The summed E-state index contributed by atoms with van der Waals surface area (Å²) in [7, 11) is 0. The topological polar surface area (TPSA) is 38.9 Å². The molecule has 1 aliphatic carbocycles. The van der Waals surface area contributed by atoms with Crippen molar-refractivity contribution in [2.24, 2.45) is 5.73 Å². The first kappa shape index (κ1) is 6.80. The van der Waals surface area contributed by atoms with E-state index in [-0.39, 0.29) is 5.54 Å². The van der Waals surface area contributed by atoms with Crippen LogP contribution in [0.3, 0.4) is 0 Å². The molecule has 0 radical (unpaired) electrons. The number of rotatable bonds is 1. The van der Waals surface area contributed by atoms with Crippen LogP contribution in [0.25, 0.3) is 0 Å². The molecule has 58 valence electrons. The summed E-state index contributed by atoms with van der Waals surface area (Å²) in [5.41, 5.74) is 8.49. The number of nitrogens with zero attached hydrogens (tertiary/aromatic N) is 1. The van der Waals surface area contributed by atoms with E-state index in [1.165, 1.54) is 11.1 Å². The quantitative estimate of drug-likeness (QED) is 0.652. The molecule has 1 heterocycles. The Balaban J connectivity index is 2.45. The van der Waals surface area contributed by atoms with Gasteiger partial charge >= 0.3 is 0 Å². The van der Waals surface area contributed by atoms with Gasteiger partial charge in [0.1, 0.15) is 0 Å². The van der Waals surface area contributed by atoms with Gasteiger partial charge in [0.2, 0.25) is 0 Å². The lowest BCUT2D eigenvalue weighted by atomic mass is 10.0. The van der Waals surface area contributed by atoms with Crippen LogP contribution in [0.1, 0.15) is 24.0 Å². The monoisotopic (exact) mass is 148 g/mol. The standard InChI is InChI=1S/C9H12N2/c1-7-2-5-11-6-8(7)9(10)3-4-9/h2,5-6H,3-4,10H2,1H3. The van der Waals surface area contributed by atoms with E-state index in [4.69, 9.17) is 5.73 Å². The minimum absolute atomic E-state index is 0.0294. The van der Waals surface area contributed by atoms with E-state index in [1.807, 2.05) is 18.5 Å². The molecule has 0 aliphatic heterocycles. The second kappa shape index (κ2) is 2.05. The zero-order valence-electron chi connectivity index (χ0n) is 6.67. The maximum atomic E-state index is 6.03. The minimum atomic E-state index is -0.0294. The number of hydrogen-bond acceptors (Lipinski definition) is 2. The molecule has 1 fully saturated rings. The minimum Gasteiger partial charge on any atom is -0.321 e. The Morgan fingerprint density at radius 3 is 2.82 bits per heavy atom. The maximum absolute atomic E-state index is 6.03. The van der Waals surface area contributed by atoms with Crippen molar-refractivity contribution in [3.05, 3.63) is 29.6 Å². The van der Waals surface area contributed by atoms with Gasteiger partial charge in [-0.25, -0.2) is 0 Å². The Hall–Kier alpha value is -0.890. The molecule has 1 aromatic heterocycles. The molecule has 2 heteroatoms. The third-order valence-electron chi connectivity index (χ3n) is 2.36. The predicted octanol–water partition coefficient (Wildman–Crippen LogP) is 1.34. The summed E-state index contributed by atoms with van der Waals surface area (Å²) in [5.74, 6) is 0. The Morgan fingerprint density at radius 1 is 1.55 bits per heavy atom. The van der Waals surface area contributed by atoms with Gasteiger partial charge in [-0.2, -0.15) is 0 Å². The van der Waals surface area contributed by atoms with E-state index in [0.717, 1.165) is 12.8 Å². The van der Waals surface area contributed by atoms with Gasteiger partial charge < -0.3 is 5.73 Å². The molecule has 0 saturated heterocycles. The van der Waals surface area contributed by atoms with Gasteiger partial charge in [0.05, 0.1) is 0 Å². The summed E-state index contributed by atoms with van der Waals surface area (Å²) in [6.07, 6.45) is 5.92. The average Bonchev–Trinajstić information content (AvgIpc) is 2.70. The molecule has 0 spiro atoms. The smallest absolute Gasteiger partial charge is 0.0429 e. The molecule has 1 aliphatic rings. The molecule has 0 amide bonds.